The number of carboxylic acid groups (broad SMARTS) is 1. The van der Waals surface area contributed by atoms with Gasteiger partial charge in [-0.3, -0.25) is 9.69 Å². The Balaban J connectivity index is 1.23. The molecule has 0 amide bonds. The Morgan fingerprint density at radius 1 is 1.21 bits per heavy atom. The summed E-state index contributed by atoms with van der Waals surface area (Å²) in [5.41, 5.74) is 9.04. The lowest BCUT2D eigenvalue weighted by Gasteiger charge is -2.15. The molecule has 2 aromatic heterocycles. The average molecular weight is 593 g/mol. The van der Waals surface area contributed by atoms with E-state index in [9.17, 15) is 15.2 Å². The summed E-state index contributed by atoms with van der Waals surface area (Å²) < 4.78 is 8.08. The van der Waals surface area contributed by atoms with Gasteiger partial charge in [0.25, 0.3) is 0 Å². The number of carboxylic acids is 1. The first-order valence-electron chi connectivity index (χ1n) is 14.4. The van der Waals surface area contributed by atoms with Gasteiger partial charge in [0, 0.05) is 37.0 Å². The van der Waals surface area contributed by atoms with Gasteiger partial charge in [-0.15, -0.1) is 0 Å². The van der Waals surface area contributed by atoms with Gasteiger partial charge < -0.3 is 14.8 Å². The summed E-state index contributed by atoms with van der Waals surface area (Å²) in [5, 5.41) is 28.0. The van der Waals surface area contributed by atoms with Gasteiger partial charge in [0.2, 0.25) is 5.89 Å². The van der Waals surface area contributed by atoms with E-state index in [2.05, 4.69) is 22.5 Å². The van der Waals surface area contributed by atoms with E-state index < -0.39 is 5.97 Å². The minimum absolute atomic E-state index is 0.357. The lowest BCUT2D eigenvalue weighted by atomic mass is 9.96. The molecule has 10 heteroatoms. The Morgan fingerprint density at radius 3 is 2.81 bits per heavy atom. The van der Waals surface area contributed by atoms with Crippen LogP contribution in [0.25, 0.3) is 39.4 Å². The summed E-state index contributed by atoms with van der Waals surface area (Å²) in [7, 11) is 0. The summed E-state index contributed by atoms with van der Waals surface area (Å²) in [6.45, 7) is 5.46. The number of oxazole rings is 1. The van der Waals surface area contributed by atoms with E-state index >= 15 is 0 Å². The number of aliphatic carboxylic acids is 1. The van der Waals surface area contributed by atoms with Crippen LogP contribution in [0.5, 0.6) is 0 Å². The predicted molar refractivity (Wildman–Crippen MR) is 163 cm³/mol. The summed E-state index contributed by atoms with van der Waals surface area (Å²) >= 11 is 7.04. The minimum Gasteiger partial charge on any atom is -0.481 e. The molecule has 1 fully saturated rings. The van der Waals surface area contributed by atoms with Crippen molar-refractivity contribution in [1.29, 1.82) is 5.26 Å². The highest BCUT2D eigenvalue weighted by Gasteiger charge is 2.28. The Hall–Kier alpha value is -4.49. The maximum absolute atomic E-state index is 11.4. The SMILES string of the molecule is Cc1c(-c2nc3cc(CN4CC[C@@H](C(=O)O)C4)cc(C#N)c3o2)cccc1-c1cccc(-n2cc3c(n2)CNCC3)c1Cl. The van der Waals surface area contributed by atoms with Crippen LogP contribution in [0.1, 0.15) is 34.4 Å². The first-order valence-corrected chi connectivity index (χ1v) is 14.7. The smallest absolute Gasteiger partial charge is 0.307 e. The molecule has 2 aliphatic heterocycles. The van der Waals surface area contributed by atoms with Crippen LogP contribution in [0, 0.1) is 24.2 Å². The second-order valence-corrected chi connectivity index (χ2v) is 11.6. The number of nitrogens with zero attached hydrogens (tertiary/aromatic N) is 5. The van der Waals surface area contributed by atoms with Gasteiger partial charge in [-0.1, -0.05) is 35.9 Å². The van der Waals surface area contributed by atoms with E-state index in [0.717, 1.165) is 58.7 Å². The van der Waals surface area contributed by atoms with E-state index in [1.165, 1.54) is 5.56 Å². The fourth-order valence-corrected chi connectivity index (χ4v) is 6.55. The third-order valence-electron chi connectivity index (χ3n) is 8.52. The molecule has 1 saturated heterocycles. The van der Waals surface area contributed by atoms with Gasteiger partial charge in [-0.25, -0.2) is 9.67 Å². The number of carbonyl (C=O) groups is 1. The fourth-order valence-electron chi connectivity index (χ4n) is 6.24. The van der Waals surface area contributed by atoms with Gasteiger partial charge in [0.15, 0.2) is 5.58 Å². The van der Waals surface area contributed by atoms with Gasteiger partial charge in [-0.2, -0.15) is 10.4 Å². The second kappa shape index (κ2) is 11.0. The van der Waals surface area contributed by atoms with Crippen molar-refractivity contribution in [3.63, 3.8) is 0 Å². The Labute approximate surface area is 253 Å². The number of fused-ring (bicyclic) bond motifs is 2. The zero-order chi connectivity index (χ0) is 29.7. The summed E-state index contributed by atoms with van der Waals surface area (Å²) in [5.74, 6) is -0.695. The van der Waals surface area contributed by atoms with Gasteiger partial charge in [0.1, 0.15) is 11.6 Å². The molecule has 5 aromatic rings. The number of benzene rings is 3. The maximum Gasteiger partial charge on any atom is 0.307 e. The molecule has 0 unspecified atom stereocenters. The van der Waals surface area contributed by atoms with Crippen LogP contribution in [0.4, 0.5) is 0 Å². The van der Waals surface area contributed by atoms with Gasteiger partial charge in [-0.05, 0) is 79.4 Å². The highest BCUT2D eigenvalue weighted by atomic mass is 35.5. The van der Waals surface area contributed by atoms with Crippen molar-refractivity contribution in [2.75, 3.05) is 19.6 Å². The van der Waals surface area contributed by atoms with Crippen LogP contribution in [0.15, 0.2) is 59.1 Å². The number of hydrogen-bond donors (Lipinski definition) is 2. The third-order valence-corrected chi connectivity index (χ3v) is 8.92. The zero-order valence-corrected chi connectivity index (χ0v) is 24.4. The number of hydrogen-bond acceptors (Lipinski definition) is 7. The normalized spacial score (nSPS) is 16.8. The molecule has 1 atom stereocenters. The first kappa shape index (κ1) is 27.3. The number of rotatable bonds is 6. The topological polar surface area (TPSA) is 120 Å². The number of likely N-dealkylation sites (tertiary alicyclic amines) is 1. The van der Waals surface area contributed by atoms with Crippen molar-refractivity contribution in [2.24, 2.45) is 5.92 Å². The Bertz CT molecular complexity index is 1910. The monoisotopic (exact) mass is 592 g/mol. The maximum atomic E-state index is 11.4. The van der Waals surface area contributed by atoms with Crippen LogP contribution < -0.4 is 5.32 Å². The number of nitriles is 1. The molecule has 0 spiro atoms. The number of nitrogens with one attached hydrogen (secondary N) is 1. The van der Waals surface area contributed by atoms with Gasteiger partial charge >= 0.3 is 5.97 Å². The van der Waals surface area contributed by atoms with E-state index in [0.29, 0.717) is 53.6 Å². The first-order chi connectivity index (χ1) is 20.9. The summed E-state index contributed by atoms with van der Waals surface area (Å²) in [6, 6.07) is 17.9. The standard InChI is InChI=1S/C33H29ClN6O3/c1-19-24(26-6-3-7-29(30(26)34)40-18-21-8-10-36-15-28(21)38-40)4-2-5-25(19)32-37-27-13-20(12-23(14-35)31(27)43-32)16-39-11-9-22(17-39)33(41)42/h2-7,12-13,18,22,36H,8-11,15-17H2,1H3,(H,41,42)/t22-/m1/s1. The van der Waals surface area contributed by atoms with Crippen molar-refractivity contribution in [1.82, 2.24) is 25.0 Å². The molecular weight excluding hydrogens is 564 g/mol. The molecule has 216 valence electrons. The van der Waals surface area contributed by atoms with Crippen molar-refractivity contribution < 1.29 is 14.3 Å². The van der Waals surface area contributed by atoms with E-state index in [1.807, 2.05) is 60.1 Å². The lowest BCUT2D eigenvalue weighted by Crippen LogP contribution is -2.22. The average Bonchev–Trinajstić information content (AvgIpc) is 3.75. The summed E-state index contributed by atoms with van der Waals surface area (Å²) in [4.78, 5) is 18.3. The molecular formula is C33H29ClN6O3. The molecule has 2 N–H and O–H groups in total. The molecule has 0 saturated carbocycles. The molecule has 9 nitrogen and oxygen atoms in total. The molecule has 2 aliphatic rings. The summed E-state index contributed by atoms with van der Waals surface area (Å²) in [6.07, 6.45) is 3.63. The van der Waals surface area contributed by atoms with E-state index in [1.54, 1.807) is 0 Å². The lowest BCUT2D eigenvalue weighted by molar-refractivity contribution is -0.141. The van der Waals surface area contributed by atoms with Crippen LogP contribution >= 0.6 is 11.6 Å². The highest BCUT2D eigenvalue weighted by molar-refractivity contribution is 6.35. The highest BCUT2D eigenvalue weighted by Crippen LogP contribution is 2.39. The third kappa shape index (κ3) is 4.97. The largest absolute Gasteiger partial charge is 0.481 e. The van der Waals surface area contributed by atoms with Crippen LogP contribution in [0.3, 0.4) is 0 Å². The number of aromatic nitrogens is 3. The van der Waals surface area contributed by atoms with E-state index in [4.69, 9.17) is 26.1 Å². The van der Waals surface area contributed by atoms with Gasteiger partial charge in [0.05, 0.1) is 27.9 Å². The number of halogens is 1. The predicted octanol–water partition coefficient (Wildman–Crippen LogP) is 5.73. The molecule has 0 bridgehead atoms. The van der Waals surface area contributed by atoms with Crippen molar-refractivity contribution in [2.45, 2.75) is 32.9 Å². The molecule has 0 aliphatic carbocycles. The fraction of sp³-hybridized carbons (Fsp3) is 0.273. The van der Waals surface area contributed by atoms with Crippen LogP contribution in [0.2, 0.25) is 5.02 Å². The quantitative estimate of drug-likeness (QED) is 0.256. The van der Waals surface area contributed by atoms with Crippen molar-refractivity contribution in [3.8, 4) is 34.3 Å². The molecule has 7 rings (SSSR count). The van der Waals surface area contributed by atoms with E-state index in [-0.39, 0.29) is 5.92 Å². The Kier molecular flexibility index (Phi) is 6.98. The van der Waals surface area contributed by atoms with Crippen LogP contribution in [-0.4, -0.2) is 50.4 Å². The molecule has 4 heterocycles. The van der Waals surface area contributed by atoms with Crippen molar-refractivity contribution in [3.05, 3.63) is 87.7 Å². The Morgan fingerprint density at radius 2 is 2.02 bits per heavy atom. The van der Waals surface area contributed by atoms with Crippen LogP contribution in [-0.2, 0) is 24.3 Å². The van der Waals surface area contributed by atoms with Crippen molar-refractivity contribution >= 4 is 28.7 Å². The zero-order valence-electron chi connectivity index (χ0n) is 23.6. The molecule has 0 radical (unpaired) electrons. The second-order valence-electron chi connectivity index (χ2n) is 11.3. The minimum atomic E-state index is -0.764. The molecule has 43 heavy (non-hydrogen) atoms. The molecule has 3 aromatic carbocycles.